The van der Waals surface area contributed by atoms with Gasteiger partial charge < -0.3 is 19.8 Å². The van der Waals surface area contributed by atoms with Gasteiger partial charge in [-0.2, -0.15) is 13.2 Å². The molecule has 0 spiro atoms. The number of carbonyl (C=O) groups excluding carboxylic acids is 1. The third-order valence-corrected chi connectivity index (χ3v) is 7.77. The number of nitrogens with one attached hydrogen (secondary N) is 2. The van der Waals surface area contributed by atoms with Gasteiger partial charge in [0.05, 0.1) is 21.5 Å². The van der Waals surface area contributed by atoms with E-state index in [0.717, 1.165) is 29.0 Å². The molecule has 2 aromatic heterocycles. The number of aromatic nitrogens is 3. The van der Waals surface area contributed by atoms with Crippen LogP contribution < -0.4 is 14.8 Å². The van der Waals surface area contributed by atoms with Gasteiger partial charge in [-0.25, -0.2) is 9.97 Å². The second-order valence-corrected chi connectivity index (χ2v) is 10.1. The lowest BCUT2D eigenvalue weighted by molar-refractivity contribution is -0.137. The van der Waals surface area contributed by atoms with Gasteiger partial charge in [0.15, 0.2) is 0 Å². The molecule has 2 aromatic carbocycles. The number of aromatic amines is 1. The Morgan fingerprint density at radius 3 is 2.84 bits per heavy atom. The first kappa shape index (κ1) is 22.4. The van der Waals surface area contributed by atoms with Crippen molar-refractivity contribution in [1.29, 1.82) is 0 Å². The number of pyridine rings is 1. The molecule has 7 rings (SSSR count). The number of hydrogen-bond acceptors (Lipinski definition) is 5. The average Bonchev–Trinajstić information content (AvgIpc) is 3.18. The number of carbonyl (C=O) groups is 1. The minimum atomic E-state index is -4.51. The van der Waals surface area contributed by atoms with Crippen molar-refractivity contribution in [2.45, 2.75) is 43.4 Å². The maximum atomic E-state index is 13.3. The maximum absolute atomic E-state index is 13.3. The van der Waals surface area contributed by atoms with Crippen molar-refractivity contribution in [1.82, 2.24) is 15.0 Å². The van der Waals surface area contributed by atoms with Crippen LogP contribution in [0.4, 0.5) is 19.0 Å². The number of rotatable bonds is 3. The van der Waals surface area contributed by atoms with Crippen LogP contribution in [-0.4, -0.2) is 27.0 Å². The average molecular weight is 527 g/mol. The van der Waals surface area contributed by atoms with E-state index in [9.17, 15) is 18.0 Å². The fourth-order valence-electron chi connectivity index (χ4n) is 5.48. The lowest BCUT2D eigenvalue weighted by atomic mass is 9.99. The van der Waals surface area contributed by atoms with Crippen molar-refractivity contribution in [2.75, 3.05) is 5.32 Å². The molecule has 188 valence electrons. The summed E-state index contributed by atoms with van der Waals surface area (Å²) in [7, 11) is 0. The Kier molecular flexibility index (Phi) is 4.47. The number of fused-ring (bicyclic) bond motifs is 5. The molecule has 1 aliphatic carbocycles. The largest absolute Gasteiger partial charge is 0.488 e. The minimum absolute atomic E-state index is 0.0573. The van der Waals surface area contributed by atoms with Gasteiger partial charge in [0.25, 0.3) is 0 Å². The smallest absolute Gasteiger partial charge is 0.416 e. The Morgan fingerprint density at radius 2 is 2.03 bits per heavy atom. The molecule has 1 saturated carbocycles. The molecule has 0 saturated heterocycles. The topological polar surface area (TPSA) is 89.1 Å². The highest BCUT2D eigenvalue weighted by atomic mass is 35.5. The van der Waals surface area contributed by atoms with Gasteiger partial charge in [-0.05, 0) is 49.7 Å². The quantitative estimate of drug-likeness (QED) is 0.335. The molecule has 0 bridgehead atoms. The molecule has 0 radical (unpaired) electrons. The van der Waals surface area contributed by atoms with Gasteiger partial charge in [-0.15, -0.1) is 0 Å². The summed E-state index contributed by atoms with van der Waals surface area (Å²) >= 11 is 6.15. The van der Waals surface area contributed by atoms with E-state index in [4.69, 9.17) is 21.1 Å². The number of amides is 1. The summed E-state index contributed by atoms with van der Waals surface area (Å²) in [4.78, 5) is 23.6. The first-order chi connectivity index (χ1) is 17.6. The van der Waals surface area contributed by atoms with Gasteiger partial charge in [0, 0.05) is 29.7 Å². The van der Waals surface area contributed by atoms with Crippen LogP contribution in [0.1, 0.15) is 41.8 Å². The van der Waals surface area contributed by atoms with E-state index in [1.54, 1.807) is 12.3 Å². The summed E-state index contributed by atoms with van der Waals surface area (Å²) in [6, 6.07) is 9.25. The first-order valence-electron chi connectivity index (χ1n) is 11.7. The highest BCUT2D eigenvalue weighted by Gasteiger charge is 2.71. The number of nitrogens with zero attached hydrogens (tertiary/aromatic N) is 2. The Morgan fingerprint density at radius 1 is 1.19 bits per heavy atom. The molecule has 2 N–H and O–H groups in total. The second kappa shape index (κ2) is 7.38. The minimum Gasteiger partial charge on any atom is -0.488 e. The fraction of sp³-hybridized carbons (Fsp3) is 0.269. The summed E-state index contributed by atoms with van der Waals surface area (Å²) in [5.74, 6) is 2.85. The lowest BCUT2D eigenvalue weighted by Crippen LogP contribution is -2.20. The van der Waals surface area contributed by atoms with Gasteiger partial charge in [0.2, 0.25) is 5.91 Å². The third kappa shape index (κ3) is 3.31. The molecule has 3 atom stereocenters. The molecule has 7 nitrogen and oxygen atoms in total. The van der Waals surface area contributed by atoms with Crippen LogP contribution in [0.25, 0.3) is 11.0 Å². The van der Waals surface area contributed by atoms with E-state index in [-0.39, 0.29) is 28.5 Å². The van der Waals surface area contributed by atoms with E-state index in [1.807, 2.05) is 25.1 Å². The highest BCUT2D eigenvalue weighted by Crippen LogP contribution is 2.67. The summed E-state index contributed by atoms with van der Waals surface area (Å²) in [5, 5.41) is 2.71. The first-order valence-corrected chi connectivity index (χ1v) is 12.0. The van der Waals surface area contributed by atoms with Crippen molar-refractivity contribution >= 4 is 34.4 Å². The van der Waals surface area contributed by atoms with Gasteiger partial charge in [-0.3, -0.25) is 4.79 Å². The Labute approximate surface area is 213 Å². The molecule has 1 amide bonds. The van der Waals surface area contributed by atoms with Crippen LogP contribution in [0.5, 0.6) is 17.2 Å². The van der Waals surface area contributed by atoms with Crippen molar-refractivity contribution < 1.29 is 27.4 Å². The monoisotopic (exact) mass is 526 g/mol. The summed E-state index contributed by atoms with van der Waals surface area (Å²) in [6.45, 7) is 1.97. The predicted octanol–water partition coefficient (Wildman–Crippen LogP) is 6.12. The zero-order chi connectivity index (χ0) is 25.7. The molecular weight excluding hydrogens is 509 g/mol. The SMILES string of the molecule is CC1(c2nc3c(Cl)cc(C(F)(F)F)cc3[nH]2)C2Oc3ccc(Oc4ccnc5c4CCC(=O)N5)cc3[C@H]21. The van der Waals surface area contributed by atoms with Crippen LogP contribution in [0.3, 0.4) is 0 Å². The van der Waals surface area contributed by atoms with E-state index < -0.39 is 17.2 Å². The number of imidazole rings is 1. The number of halogens is 4. The standard InChI is InChI=1S/C26H18ClF3N4O3/c1-25(24-32-16-9-11(26(28,29)30)8-15(27)21(16)34-24)20-14-10-12(2-4-17(14)37-22(20)25)36-18-6-7-31-23-13(18)3-5-19(35)33-23/h2,4,6-10,20,22H,3,5H2,1H3,(H,32,34)(H,31,33,35)/t20-,22?,25?/m1/s1. The second-order valence-electron chi connectivity index (χ2n) is 9.72. The van der Waals surface area contributed by atoms with Crippen LogP contribution >= 0.6 is 11.6 Å². The predicted molar refractivity (Wildman–Crippen MR) is 128 cm³/mol. The molecular formula is C26H18ClF3N4O3. The molecule has 3 aliphatic rings. The lowest BCUT2D eigenvalue weighted by Gasteiger charge is -2.19. The van der Waals surface area contributed by atoms with Gasteiger partial charge >= 0.3 is 6.18 Å². The van der Waals surface area contributed by atoms with E-state index in [0.29, 0.717) is 41.5 Å². The van der Waals surface area contributed by atoms with Crippen molar-refractivity contribution in [3.05, 3.63) is 70.1 Å². The number of ether oxygens (including phenoxy) is 2. The zero-order valence-corrected chi connectivity index (χ0v) is 20.0. The molecule has 11 heteroatoms. The van der Waals surface area contributed by atoms with Crippen molar-refractivity contribution in [3.8, 4) is 17.2 Å². The van der Waals surface area contributed by atoms with Gasteiger partial charge in [-0.1, -0.05) is 11.6 Å². The maximum Gasteiger partial charge on any atom is 0.416 e. The highest BCUT2D eigenvalue weighted by molar-refractivity contribution is 6.35. The van der Waals surface area contributed by atoms with E-state index in [1.165, 1.54) is 0 Å². The number of H-pyrrole nitrogens is 1. The van der Waals surface area contributed by atoms with Crippen LogP contribution in [0.15, 0.2) is 42.6 Å². The zero-order valence-electron chi connectivity index (χ0n) is 19.2. The third-order valence-electron chi connectivity index (χ3n) is 7.48. The number of alkyl halides is 3. The summed E-state index contributed by atoms with van der Waals surface area (Å²) in [5.41, 5.74) is 0.902. The van der Waals surface area contributed by atoms with E-state index in [2.05, 4.69) is 20.3 Å². The Balaban J connectivity index is 1.20. The van der Waals surface area contributed by atoms with Gasteiger partial charge in [0.1, 0.15) is 40.5 Å². The molecule has 4 aromatic rings. The molecule has 1 fully saturated rings. The number of hydrogen-bond donors (Lipinski definition) is 2. The molecule has 2 aliphatic heterocycles. The molecule has 4 heterocycles. The Bertz CT molecular complexity index is 1640. The molecule has 37 heavy (non-hydrogen) atoms. The van der Waals surface area contributed by atoms with Crippen LogP contribution in [0.2, 0.25) is 5.02 Å². The van der Waals surface area contributed by atoms with Crippen molar-refractivity contribution in [3.63, 3.8) is 0 Å². The Hall–Kier alpha value is -3.79. The number of anilines is 1. The molecule has 2 unspecified atom stereocenters. The van der Waals surface area contributed by atoms with Crippen molar-refractivity contribution in [2.24, 2.45) is 0 Å². The van der Waals surface area contributed by atoms with Crippen LogP contribution in [0, 0.1) is 0 Å². The summed E-state index contributed by atoms with van der Waals surface area (Å²) in [6.07, 6.45) is -2.25. The normalized spacial score (nSPS) is 23.6. The van der Waals surface area contributed by atoms with Crippen LogP contribution in [-0.2, 0) is 22.8 Å². The fourth-order valence-corrected chi connectivity index (χ4v) is 5.74. The van der Waals surface area contributed by atoms with E-state index >= 15 is 0 Å². The number of benzene rings is 2. The summed E-state index contributed by atoms with van der Waals surface area (Å²) < 4.78 is 52.1.